The minimum absolute atomic E-state index is 0.163. The molecule has 28 heavy (non-hydrogen) atoms. The monoisotopic (exact) mass is 389 g/mol. The summed E-state index contributed by atoms with van der Waals surface area (Å²) >= 11 is 6.27. The molecule has 0 N–H and O–H groups in total. The number of rotatable bonds is 3. The second-order valence-corrected chi connectivity index (χ2v) is 7.09. The van der Waals surface area contributed by atoms with E-state index in [-0.39, 0.29) is 5.56 Å². The average Bonchev–Trinajstić information content (AvgIpc) is 3.32. The summed E-state index contributed by atoms with van der Waals surface area (Å²) < 4.78 is 5.58. The highest BCUT2D eigenvalue weighted by atomic mass is 35.5. The van der Waals surface area contributed by atoms with E-state index < -0.39 is 0 Å². The van der Waals surface area contributed by atoms with E-state index in [0.29, 0.717) is 17.1 Å². The minimum Gasteiger partial charge on any atom is -0.330 e. The van der Waals surface area contributed by atoms with Crippen LogP contribution in [0.3, 0.4) is 0 Å². The second-order valence-electron chi connectivity index (χ2n) is 6.66. The van der Waals surface area contributed by atoms with Crippen molar-refractivity contribution < 1.29 is 0 Å². The third kappa shape index (κ3) is 2.53. The molecule has 0 saturated heterocycles. The van der Waals surface area contributed by atoms with Crippen molar-refractivity contribution in [3.05, 3.63) is 88.5 Å². The number of aryl methyl sites for hydroxylation is 1. The Morgan fingerprint density at radius 3 is 2.68 bits per heavy atom. The molecule has 0 unspecified atom stereocenters. The molecule has 0 amide bonds. The van der Waals surface area contributed by atoms with Gasteiger partial charge in [0.25, 0.3) is 5.56 Å². The van der Waals surface area contributed by atoms with Crippen molar-refractivity contribution in [1.29, 1.82) is 0 Å². The Morgan fingerprint density at radius 2 is 1.93 bits per heavy atom. The topological polar surface area (TPSA) is 57.6 Å². The number of hydrogen-bond donors (Lipinski definition) is 0. The fraction of sp³-hybridized carbons (Fsp3) is 0.0952. The SMILES string of the molecule is Cn1c(Cn2ccnc2)nc2c(=O)n(-c3ccccc3)c3cc(Cl)ccc3c21. The van der Waals surface area contributed by atoms with Crippen LogP contribution in [-0.4, -0.2) is 23.7 Å². The highest BCUT2D eigenvalue weighted by molar-refractivity contribution is 6.31. The summed E-state index contributed by atoms with van der Waals surface area (Å²) in [6.07, 6.45) is 5.33. The van der Waals surface area contributed by atoms with Crippen molar-refractivity contribution in [3.8, 4) is 5.69 Å². The molecule has 3 aromatic heterocycles. The Bertz CT molecular complexity index is 1370. The van der Waals surface area contributed by atoms with Gasteiger partial charge in [-0.15, -0.1) is 0 Å². The molecule has 2 aromatic carbocycles. The average molecular weight is 390 g/mol. The molecule has 0 aliphatic carbocycles. The van der Waals surface area contributed by atoms with Crippen molar-refractivity contribution in [3.63, 3.8) is 0 Å². The third-order valence-electron chi connectivity index (χ3n) is 4.95. The number of hydrogen-bond acceptors (Lipinski definition) is 3. The van der Waals surface area contributed by atoms with Crippen LogP contribution in [0.15, 0.2) is 72.0 Å². The minimum atomic E-state index is -0.163. The fourth-order valence-electron chi connectivity index (χ4n) is 3.63. The van der Waals surface area contributed by atoms with Gasteiger partial charge in [-0.3, -0.25) is 9.36 Å². The number of fused-ring (bicyclic) bond motifs is 3. The highest BCUT2D eigenvalue weighted by Gasteiger charge is 2.19. The molecule has 0 spiro atoms. The Hall–Kier alpha value is -3.38. The normalized spacial score (nSPS) is 11.5. The Kier molecular flexibility index (Phi) is 3.80. The van der Waals surface area contributed by atoms with E-state index in [1.54, 1.807) is 17.1 Å². The first-order valence-corrected chi connectivity index (χ1v) is 9.22. The summed E-state index contributed by atoms with van der Waals surface area (Å²) in [5.74, 6) is 0.784. The summed E-state index contributed by atoms with van der Waals surface area (Å²) in [5, 5.41) is 1.51. The van der Waals surface area contributed by atoms with Crippen LogP contribution in [-0.2, 0) is 13.6 Å². The van der Waals surface area contributed by atoms with E-state index in [9.17, 15) is 4.79 Å². The zero-order valence-corrected chi connectivity index (χ0v) is 15.8. The highest BCUT2D eigenvalue weighted by Crippen LogP contribution is 2.28. The number of aromatic nitrogens is 5. The van der Waals surface area contributed by atoms with Gasteiger partial charge in [0.05, 0.1) is 23.9 Å². The van der Waals surface area contributed by atoms with E-state index in [1.807, 2.05) is 70.9 Å². The van der Waals surface area contributed by atoms with Crippen LogP contribution in [0.25, 0.3) is 27.6 Å². The molecule has 0 fully saturated rings. The van der Waals surface area contributed by atoms with Gasteiger partial charge >= 0.3 is 0 Å². The lowest BCUT2D eigenvalue weighted by Gasteiger charge is -2.12. The predicted molar refractivity (Wildman–Crippen MR) is 110 cm³/mol. The van der Waals surface area contributed by atoms with Gasteiger partial charge < -0.3 is 9.13 Å². The van der Waals surface area contributed by atoms with Crippen LogP contribution < -0.4 is 5.56 Å². The van der Waals surface area contributed by atoms with Crippen LogP contribution >= 0.6 is 11.6 Å². The molecule has 0 radical (unpaired) electrons. The molecule has 138 valence electrons. The van der Waals surface area contributed by atoms with Gasteiger partial charge in [-0.05, 0) is 30.3 Å². The van der Waals surface area contributed by atoms with E-state index >= 15 is 0 Å². The molecule has 5 aromatic rings. The number of benzene rings is 2. The quantitative estimate of drug-likeness (QED) is 0.472. The van der Waals surface area contributed by atoms with Gasteiger partial charge in [0.2, 0.25) is 0 Å². The Morgan fingerprint density at radius 1 is 1.11 bits per heavy atom. The summed E-state index contributed by atoms with van der Waals surface area (Å²) in [4.78, 5) is 22.2. The number of para-hydroxylation sites is 1. The predicted octanol–water partition coefficient (Wildman–Crippen LogP) is 3.78. The van der Waals surface area contributed by atoms with E-state index in [1.165, 1.54) is 0 Å². The van der Waals surface area contributed by atoms with Gasteiger partial charge in [0, 0.05) is 35.5 Å². The molecular weight excluding hydrogens is 374 g/mol. The molecule has 7 heteroatoms. The van der Waals surface area contributed by atoms with Gasteiger partial charge in [-0.2, -0.15) is 0 Å². The van der Waals surface area contributed by atoms with Crippen LogP contribution in [0, 0.1) is 0 Å². The van der Waals surface area contributed by atoms with E-state index in [2.05, 4.69) is 4.98 Å². The maximum absolute atomic E-state index is 13.4. The Labute approximate surface area is 165 Å². The van der Waals surface area contributed by atoms with E-state index in [0.717, 1.165) is 27.9 Å². The number of pyridine rings is 1. The molecule has 0 saturated carbocycles. The van der Waals surface area contributed by atoms with Gasteiger partial charge in [-0.25, -0.2) is 9.97 Å². The zero-order chi connectivity index (χ0) is 19.3. The number of nitrogens with zero attached hydrogens (tertiary/aromatic N) is 5. The zero-order valence-electron chi connectivity index (χ0n) is 15.1. The lowest BCUT2D eigenvalue weighted by Crippen LogP contribution is -2.19. The van der Waals surface area contributed by atoms with Crippen LogP contribution in [0.1, 0.15) is 5.82 Å². The largest absolute Gasteiger partial charge is 0.330 e. The lowest BCUT2D eigenvalue weighted by atomic mass is 10.1. The molecule has 3 heterocycles. The summed E-state index contributed by atoms with van der Waals surface area (Å²) in [6, 6.07) is 15.2. The maximum atomic E-state index is 13.4. The Balaban J connectivity index is 1.89. The first kappa shape index (κ1) is 16.8. The van der Waals surface area contributed by atoms with Crippen LogP contribution in [0.4, 0.5) is 0 Å². The van der Waals surface area contributed by atoms with Crippen LogP contribution in [0.2, 0.25) is 5.02 Å². The van der Waals surface area contributed by atoms with Crippen molar-refractivity contribution in [1.82, 2.24) is 23.7 Å². The molecule has 5 rings (SSSR count). The summed E-state index contributed by atoms with van der Waals surface area (Å²) in [7, 11) is 1.93. The molecular formula is C21H16ClN5O. The molecule has 6 nitrogen and oxygen atoms in total. The second kappa shape index (κ2) is 6.35. The lowest BCUT2D eigenvalue weighted by molar-refractivity contribution is 0.708. The van der Waals surface area contributed by atoms with Crippen LogP contribution in [0.5, 0.6) is 0 Å². The maximum Gasteiger partial charge on any atom is 0.283 e. The van der Waals surface area contributed by atoms with Gasteiger partial charge in [0.15, 0.2) is 5.52 Å². The van der Waals surface area contributed by atoms with Crippen molar-refractivity contribution >= 4 is 33.5 Å². The molecule has 0 aliphatic rings. The van der Waals surface area contributed by atoms with Crippen molar-refractivity contribution in [2.45, 2.75) is 6.54 Å². The van der Waals surface area contributed by atoms with Gasteiger partial charge in [-0.1, -0.05) is 29.8 Å². The standard InChI is InChI=1S/C21H16ClN5O/c1-25-18(12-26-10-9-23-13-26)24-19-20(25)16-8-7-14(22)11-17(16)27(21(19)28)15-5-3-2-4-6-15/h2-11,13H,12H2,1H3. The van der Waals surface area contributed by atoms with Gasteiger partial charge in [0.1, 0.15) is 5.82 Å². The van der Waals surface area contributed by atoms with E-state index in [4.69, 9.17) is 16.6 Å². The molecule has 0 bridgehead atoms. The summed E-state index contributed by atoms with van der Waals surface area (Å²) in [6.45, 7) is 0.533. The van der Waals surface area contributed by atoms with Crippen molar-refractivity contribution in [2.24, 2.45) is 7.05 Å². The first-order chi connectivity index (χ1) is 13.6. The molecule has 0 aliphatic heterocycles. The smallest absolute Gasteiger partial charge is 0.283 e. The molecule has 0 atom stereocenters. The third-order valence-corrected chi connectivity index (χ3v) is 5.18. The fourth-order valence-corrected chi connectivity index (χ4v) is 3.79. The number of halogens is 1. The van der Waals surface area contributed by atoms with Crippen molar-refractivity contribution in [2.75, 3.05) is 0 Å². The number of imidazole rings is 2. The first-order valence-electron chi connectivity index (χ1n) is 8.84. The summed E-state index contributed by atoms with van der Waals surface area (Å²) in [5.41, 5.74) is 2.62.